The van der Waals surface area contributed by atoms with E-state index in [0.717, 1.165) is 52.4 Å². The Kier molecular flexibility index (Phi) is 78.9. The molecule has 4 nitrogen and oxygen atoms in total. The van der Waals surface area contributed by atoms with Gasteiger partial charge in [-0.05, 0) is 0 Å². The second kappa shape index (κ2) is 49.9. The molecule has 0 aromatic rings. The fraction of sp³-hybridized carbons (Fsp3) is 1.00. The largest absolute Gasteiger partial charge is 0.663 e. The molecule has 0 aromatic carbocycles. The first-order valence-electron chi connectivity index (χ1n) is 8.19. The van der Waals surface area contributed by atoms with Crippen LogP contribution in [0.25, 0.3) is 21.3 Å². The van der Waals surface area contributed by atoms with Gasteiger partial charge in [0.05, 0.1) is 0 Å². The van der Waals surface area contributed by atoms with Gasteiger partial charge in [-0.15, -0.1) is 0 Å². The maximum atomic E-state index is 3.97. The third-order valence-electron chi connectivity index (χ3n) is 1.79. The molecule has 0 bridgehead atoms. The normalized spacial score (nSPS) is 8.00. The summed E-state index contributed by atoms with van der Waals surface area (Å²) >= 11 is 0. The predicted molar refractivity (Wildman–Crippen MR) is 97.8 cm³/mol. The molecule has 21 heavy (non-hydrogen) atoms. The van der Waals surface area contributed by atoms with Crippen LogP contribution in [0.3, 0.4) is 0 Å². The molecule has 1 radical (unpaired) electrons. The Hall–Kier alpha value is 0.580. The van der Waals surface area contributed by atoms with Crippen molar-refractivity contribution in [1.82, 2.24) is 0 Å². The molecule has 0 rings (SSSR count). The van der Waals surface area contributed by atoms with Gasteiger partial charge in [0, 0.05) is 22.4 Å². The van der Waals surface area contributed by atoms with Crippen LogP contribution in [0, 0.1) is 0 Å². The van der Waals surface area contributed by atoms with E-state index in [9.17, 15) is 0 Å². The summed E-state index contributed by atoms with van der Waals surface area (Å²) in [7, 11) is 0. The van der Waals surface area contributed by atoms with Crippen LogP contribution in [0.1, 0.15) is 55.4 Å². The van der Waals surface area contributed by atoms with Crippen LogP contribution >= 0.6 is 0 Å². The minimum atomic E-state index is 0. The molecule has 0 heterocycles. The Labute approximate surface area is 151 Å². The minimum absolute atomic E-state index is 0. The van der Waals surface area contributed by atoms with E-state index in [0.29, 0.717) is 0 Å². The second-order valence-electron chi connectivity index (χ2n) is 3.42. The second-order valence-corrected chi connectivity index (χ2v) is 3.42. The summed E-state index contributed by atoms with van der Waals surface area (Å²) in [6, 6.07) is 0. The van der Waals surface area contributed by atoms with Crippen LogP contribution in [0.15, 0.2) is 0 Å². The van der Waals surface area contributed by atoms with Crippen molar-refractivity contribution < 1.29 is 22.4 Å². The molecule has 0 unspecified atom stereocenters. The molecule has 0 aliphatic heterocycles. The molecule has 5 heteroatoms. The van der Waals surface area contributed by atoms with Gasteiger partial charge >= 0.3 is 0 Å². The summed E-state index contributed by atoms with van der Waals surface area (Å²) in [5, 5.41) is 15.9. The van der Waals surface area contributed by atoms with Crippen LogP contribution < -0.4 is 0 Å². The summed E-state index contributed by atoms with van der Waals surface area (Å²) in [5.41, 5.74) is 0. The molecule has 0 saturated heterocycles. The van der Waals surface area contributed by atoms with E-state index in [2.05, 4.69) is 21.3 Å². The Morgan fingerprint density at radius 2 is 0.429 bits per heavy atom. The molecule has 0 atom stereocenters. The minimum Gasteiger partial charge on any atom is -0.663 e. The van der Waals surface area contributed by atoms with E-state index in [1.165, 1.54) is 0 Å². The first-order chi connectivity index (χ1) is 9.66. The Bertz CT molecular complexity index is 74.3. The summed E-state index contributed by atoms with van der Waals surface area (Å²) in [6.07, 6.45) is 0. The molecule has 133 valence electrons. The van der Waals surface area contributed by atoms with Crippen LogP contribution in [0.4, 0.5) is 0 Å². The number of nitrogens with zero attached hydrogens (tertiary/aromatic N) is 4. The van der Waals surface area contributed by atoms with E-state index < -0.39 is 0 Å². The standard InChI is InChI=1S/4C4H10N.Ta/c4*1-3-5-4-2;/h4*3-4H2,1-2H3;/q4*-1;. The van der Waals surface area contributed by atoms with Crippen molar-refractivity contribution in [2.75, 3.05) is 52.4 Å². The van der Waals surface area contributed by atoms with Crippen LogP contribution in [0.5, 0.6) is 0 Å². The fourth-order valence-electron chi connectivity index (χ4n) is 0.894. The Balaban J connectivity index is -0.0000000533. The number of rotatable bonds is 8. The summed E-state index contributed by atoms with van der Waals surface area (Å²) in [6.45, 7) is 24.1. The van der Waals surface area contributed by atoms with Crippen molar-refractivity contribution in [3.8, 4) is 0 Å². The van der Waals surface area contributed by atoms with E-state index in [1.54, 1.807) is 0 Å². The van der Waals surface area contributed by atoms with Gasteiger partial charge in [-0.2, -0.15) is 52.4 Å². The average Bonchev–Trinajstić information content (AvgIpc) is 2.44. The first-order valence-corrected chi connectivity index (χ1v) is 8.19. The number of hydrogen-bond donors (Lipinski definition) is 0. The zero-order chi connectivity index (χ0) is 16.5. The van der Waals surface area contributed by atoms with Crippen molar-refractivity contribution in [3.05, 3.63) is 21.3 Å². The summed E-state index contributed by atoms with van der Waals surface area (Å²) in [5.74, 6) is 0. The predicted octanol–water partition coefficient (Wildman–Crippen LogP) is 5.60. The van der Waals surface area contributed by atoms with Gasteiger partial charge in [0.25, 0.3) is 0 Å². The maximum Gasteiger partial charge on any atom is 0 e. The van der Waals surface area contributed by atoms with Crippen molar-refractivity contribution in [1.29, 1.82) is 0 Å². The van der Waals surface area contributed by atoms with E-state index in [4.69, 9.17) is 0 Å². The third-order valence-corrected chi connectivity index (χ3v) is 1.79. The summed E-state index contributed by atoms with van der Waals surface area (Å²) in [4.78, 5) is 0. The molecule has 0 amide bonds. The SMILES string of the molecule is CC[N-]CC.CC[N-]CC.CC[N-]CC.CC[N-]CC.[Ta]. The average molecular weight is 469 g/mol. The third kappa shape index (κ3) is 96.5. The zero-order valence-electron chi connectivity index (χ0n) is 15.9. The van der Waals surface area contributed by atoms with Crippen LogP contribution in [-0.4, -0.2) is 52.4 Å². The molecule has 0 fully saturated rings. The maximum absolute atomic E-state index is 3.97. The van der Waals surface area contributed by atoms with E-state index >= 15 is 0 Å². The number of hydrogen-bond acceptors (Lipinski definition) is 0. The molecular formula is C16H40N4Ta-4. The van der Waals surface area contributed by atoms with Gasteiger partial charge in [-0.25, -0.2) is 0 Å². The van der Waals surface area contributed by atoms with E-state index in [-0.39, 0.29) is 22.4 Å². The van der Waals surface area contributed by atoms with Gasteiger partial charge in [0.2, 0.25) is 0 Å². The summed E-state index contributed by atoms with van der Waals surface area (Å²) < 4.78 is 0. The Morgan fingerprint density at radius 1 is 0.333 bits per heavy atom. The monoisotopic (exact) mass is 469 g/mol. The van der Waals surface area contributed by atoms with Gasteiger partial charge in [0.15, 0.2) is 0 Å². The van der Waals surface area contributed by atoms with Gasteiger partial charge < -0.3 is 21.3 Å². The zero-order valence-corrected chi connectivity index (χ0v) is 19.1. The van der Waals surface area contributed by atoms with Crippen molar-refractivity contribution in [2.45, 2.75) is 55.4 Å². The molecular weight excluding hydrogens is 429 g/mol. The first kappa shape index (κ1) is 33.2. The molecule has 0 aliphatic rings. The van der Waals surface area contributed by atoms with Gasteiger partial charge in [-0.3, -0.25) is 0 Å². The smallest absolute Gasteiger partial charge is 0 e. The Morgan fingerprint density at radius 3 is 0.429 bits per heavy atom. The van der Waals surface area contributed by atoms with Gasteiger partial charge in [0.1, 0.15) is 0 Å². The molecule has 0 saturated carbocycles. The molecule has 0 N–H and O–H groups in total. The van der Waals surface area contributed by atoms with E-state index in [1.807, 2.05) is 55.4 Å². The topological polar surface area (TPSA) is 56.4 Å². The van der Waals surface area contributed by atoms with Crippen LogP contribution in [0.2, 0.25) is 0 Å². The fourth-order valence-corrected chi connectivity index (χ4v) is 0.894. The van der Waals surface area contributed by atoms with Gasteiger partial charge in [-0.1, -0.05) is 55.4 Å². The molecule has 0 spiro atoms. The van der Waals surface area contributed by atoms with Crippen molar-refractivity contribution >= 4 is 0 Å². The van der Waals surface area contributed by atoms with Crippen molar-refractivity contribution in [3.63, 3.8) is 0 Å². The van der Waals surface area contributed by atoms with Crippen molar-refractivity contribution in [2.24, 2.45) is 0 Å². The van der Waals surface area contributed by atoms with Crippen LogP contribution in [-0.2, 0) is 22.4 Å². The molecule has 0 aromatic heterocycles. The quantitative estimate of drug-likeness (QED) is 0.445. The molecule has 0 aliphatic carbocycles.